The van der Waals surface area contributed by atoms with Crippen molar-refractivity contribution in [1.82, 2.24) is 0 Å². The molecule has 0 atom stereocenters. The molecule has 1 aromatic rings. The summed E-state index contributed by atoms with van der Waals surface area (Å²) in [7, 11) is 0. The number of alkyl halides is 8. The van der Waals surface area contributed by atoms with Crippen LogP contribution in [0.4, 0.5) is 39.5 Å². The second-order valence-electron chi connectivity index (χ2n) is 3.20. The summed E-state index contributed by atoms with van der Waals surface area (Å²) in [6.07, 6.45) is -11.0. The van der Waals surface area contributed by atoms with Crippen molar-refractivity contribution in [3.8, 4) is 5.75 Å². The SMILES string of the molecule is Fc1cc(C(F)(F)F)c(C(F)(F)F)cc1OC(F)F. The van der Waals surface area contributed by atoms with Crippen LogP contribution in [-0.2, 0) is 12.4 Å². The Labute approximate surface area is 99.1 Å². The van der Waals surface area contributed by atoms with Crippen LogP contribution in [-0.4, -0.2) is 6.61 Å². The van der Waals surface area contributed by atoms with E-state index in [1.165, 1.54) is 0 Å². The van der Waals surface area contributed by atoms with Gasteiger partial charge in [-0.2, -0.15) is 35.1 Å². The third kappa shape index (κ3) is 3.67. The van der Waals surface area contributed by atoms with Gasteiger partial charge in [0.15, 0.2) is 11.6 Å². The van der Waals surface area contributed by atoms with E-state index in [-0.39, 0.29) is 0 Å². The summed E-state index contributed by atoms with van der Waals surface area (Å²) in [6, 6.07) is -0.995. The zero-order valence-electron chi connectivity index (χ0n) is 8.54. The first-order chi connectivity index (χ1) is 8.43. The van der Waals surface area contributed by atoms with Crippen molar-refractivity contribution in [2.45, 2.75) is 19.0 Å². The number of hydrogen-bond donors (Lipinski definition) is 0. The first kappa shape index (κ1) is 15.4. The topological polar surface area (TPSA) is 9.23 Å². The quantitative estimate of drug-likeness (QED) is 0.732. The molecule has 0 unspecified atom stereocenters. The molecule has 0 aliphatic heterocycles. The van der Waals surface area contributed by atoms with Gasteiger partial charge in [-0.3, -0.25) is 0 Å². The number of hydrogen-bond acceptors (Lipinski definition) is 1. The second kappa shape index (κ2) is 4.82. The van der Waals surface area contributed by atoms with Crippen LogP contribution in [0, 0.1) is 5.82 Å². The van der Waals surface area contributed by atoms with Gasteiger partial charge in [-0.05, 0) is 12.1 Å². The van der Waals surface area contributed by atoms with E-state index in [9.17, 15) is 39.5 Å². The molecular formula is C9H3F9O. The highest BCUT2D eigenvalue weighted by Gasteiger charge is 2.44. The Kier molecular flexibility index (Phi) is 3.92. The number of rotatable bonds is 2. The van der Waals surface area contributed by atoms with Crippen molar-refractivity contribution in [1.29, 1.82) is 0 Å². The third-order valence-electron chi connectivity index (χ3n) is 1.90. The Hall–Kier alpha value is -1.61. The van der Waals surface area contributed by atoms with Crippen LogP contribution in [0.2, 0.25) is 0 Å². The molecule has 0 aliphatic rings. The lowest BCUT2D eigenvalue weighted by atomic mass is 10.1. The van der Waals surface area contributed by atoms with Crippen molar-refractivity contribution in [2.24, 2.45) is 0 Å². The van der Waals surface area contributed by atoms with Gasteiger partial charge in [-0.15, -0.1) is 0 Å². The van der Waals surface area contributed by atoms with Crippen molar-refractivity contribution in [3.05, 3.63) is 29.1 Å². The fourth-order valence-electron chi connectivity index (χ4n) is 1.21. The van der Waals surface area contributed by atoms with Gasteiger partial charge in [0.2, 0.25) is 0 Å². The Morgan fingerprint density at radius 2 is 1.26 bits per heavy atom. The molecule has 108 valence electrons. The van der Waals surface area contributed by atoms with Crippen molar-refractivity contribution >= 4 is 0 Å². The summed E-state index contributed by atoms with van der Waals surface area (Å²) in [5.41, 5.74) is -4.63. The number of halogens is 9. The molecule has 0 bridgehead atoms. The summed E-state index contributed by atoms with van der Waals surface area (Å²) in [6.45, 7) is -3.67. The lowest BCUT2D eigenvalue weighted by Crippen LogP contribution is -2.18. The minimum absolute atomic E-state index is 0.454. The Bertz CT molecular complexity index is 460. The third-order valence-corrected chi connectivity index (χ3v) is 1.90. The average molecular weight is 298 g/mol. The normalized spacial score (nSPS) is 12.9. The summed E-state index contributed by atoms with van der Waals surface area (Å²) < 4.78 is 114. The van der Waals surface area contributed by atoms with Gasteiger partial charge in [0.05, 0.1) is 11.1 Å². The standard InChI is InChI=1S/C9H3F9O/c10-5-1-3(8(13,14)15)4(9(16,17)18)2-6(5)19-7(11)12/h1-2,7H. The minimum Gasteiger partial charge on any atom is -0.432 e. The minimum atomic E-state index is -5.50. The zero-order chi connectivity index (χ0) is 15.0. The van der Waals surface area contributed by atoms with Crippen LogP contribution < -0.4 is 4.74 Å². The van der Waals surface area contributed by atoms with E-state index in [0.717, 1.165) is 0 Å². The van der Waals surface area contributed by atoms with Crippen LogP contribution >= 0.6 is 0 Å². The molecule has 0 fully saturated rings. The molecule has 0 saturated heterocycles. The van der Waals surface area contributed by atoms with Crippen LogP contribution in [0.1, 0.15) is 11.1 Å². The largest absolute Gasteiger partial charge is 0.432 e. The summed E-state index contributed by atoms with van der Waals surface area (Å²) in [5.74, 6) is -3.59. The van der Waals surface area contributed by atoms with E-state index in [4.69, 9.17) is 0 Å². The van der Waals surface area contributed by atoms with E-state index in [1.54, 1.807) is 0 Å². The summed E-state index contributed by atoms with van der Waals surface area (Å²) in [5, 5.41) is 0. The highest BCUT2D eigenvalue weighted by molar-refractivity contribution is 5.40. The molecule has 0 amide bonds. The predicted octanol–water partition coefficient (Wildman–Crippen LogP) is 4.46. The van der Waals surface area contributed by atoms with Crippen LogP contribution in [0.5, 0.6) is 5.75 Å². The molecule has 10 heteroatoms. The molecule has 1 rings (SSSR count). The second-order valence-corrected chi connectivity index (χ2v) is 3.20. The van der Waals surface area contributed by atoms with Gasteiger partial charge in [-0.25, -0.2) is 4.39 Å². The first-order valence-corrected chi connectivity index (χ1v) is 4.35. The molecule has 1 aromatic carbocycles. The lowest BCUT2D eigenvalue weighted by molar-refractivity contribution is -0.162. The Morgan fingerprint density at radius 1 is 0.842 bits per heavy atom. The molecule has 0 heterocycles. The van der Waals surface area contributed by atoms with Gasteiger partial charge in [0, 0.05) is 0 Å². The maximum absolute atomic E-state index is 13.0. The van der Waals surface area contributed by atoms with Crippen molar-refractivity contribution < 1.29 is 44.3 Å². The molecule has 0 spiro atoms. The first-order valence-electron chi connectivity index (χ1n) is 4.35. The van der Waals surface area contributed by atoms with Crippen molar-refractivity contribution in [3.63, 3.8) is 0 Å². The summed E-state index contributed by atoms with van der Waals surface area (Å²) in [4.78, 5) is 0. The zero-order valence-corrected chi connectivity index (χ0v) is 8.54. The molecular weight excluding hydrogens is 295 g/mol. The molecule has 0 radical (unpaired) electrons. The average Bonchev–Trinajstić information content (AvgIpc) is 2.16. The van der Waals surface area contributed by atoms with Crippen molar-refractivity contribution in [2.75, 3.05) is 0 Å². The van der Waals surface area contributed by atoms with E-state index < -0.39 is 53.8 Å². The smallest absolute Gasteiger partial charge is 0.417 e. The van der Waals surface area contributed by atoms with E-state index >= 15 is 0 Å². The fraction of sp³-hybridized carbons (Fsp3) is 0.333. The monoisotopic (exact) mass is 298 g/mol. The van der Waals surface area contributed by atoms with Crippen LogP contribution in [0.3, 0.4) is 0 Å². The van der Waals surface area contributed by atoms with Crippen LogP contribution in [0.25, 0.3) is 0 Å². The van der Waals surface area contributed by atoms with E-state index in [0.29, 0.717) is 0 Å². The Balaban J connectivity index is 3.47. The number of ether oxygens (including phenoxy) is 1. The molecule has 0 aliphatic carbocycles. The molecule has 0 aromatic heterocycles. The van der Waals surface area contributed by atoms with Crippen LogP contribution in [0.15, 0.2) is 12.1 Å². The summed E-state index contributed by atoms with van der Waals surface area (Å²) >= 11 is 0. The molecule has 0 saturated carbocycles. The van der Waals surface area contributed by atoms with Gasteiger partial charge in [0.25, 0.3) is 0 Å². The predicted molar refractivity (Wildman–Crippen MR) is 43.0 cm³/mol. The van der Waals surface area contributed by atoms with Gasteiger partial charge < -0.3 is 4.74 Å². The maximum atomic E-state index is 13.0. The molecule has 1 nitrogen and oxygen atoms in total. The highest BCUT2D eigenvalue weighted by Crippen LogP contribution is 2.42. The lowest BCUT2D eigenvalue weighted by Gasteiger charge is -2.17. The van der Waals surface area contributed by atoms with Gasteiger partial charge in [-0.1, -0.05) is 0 Å². The van der Waals surface area contributed by atoms with Gasteiger partial charge in [0.1, 0.15) is 0 Å². The molecule has 19 heavy (non-hydrogen) atoms. The number of benzene rings is 1. The highest BCUT2D eigenvalue weighted by atomic mass is 19.4. The maximum Gasteiger partial charge on any atom is 0.417 e. The molecule has 0 N–H and O–H groups in total. The van der Waals surface area contributed by atoms with E-state index in [1.807, 2.05) is 0 Å². The van der Waals surface area contributed by atoms with E-state index in [2.05, 4.69) is 4.74 Å². The van der Waals surface area contributed by atoms with Gasteiger partial charge >= 0.3 is 19.0 Å². The fourth-order valence-corrected chi connectivity index (χ4v) is 1.21. The Morgan fingerprint density at radius 3 is 1.63 bits per heavy atom.